The fourth-order valence-electron chi connectivity index (χ4n) is 2.77. The summed E-state index contributed by atoms with van der Waals surface area (Å²) in [6, 6.07) is 16.4. The van der Waals surface area contributed by atoms with E-state index in [1.807, 2.05) is 18.2 Å². The summed E-state index contributed by atoms with van der Waals surface area (Å²) in [4.78, 5) is 20.7. The number of hydrogen-bond donors (Lipinski definition) is 1. The molecule has 4 aromatic rings. The molecule has 0 saturated carbocycles. The van der Waals surface area contributed by atoms with Gasteiger partial charge in [0, 0.05) is 23.6 Å². The number of aromatic nitrogens is 3. The van der Waals surface area contributed by atoms with Crippen molar-refractivity contribution in [3.05, 3.63) is 90.3 Å². The number of benzene rings is 2. The quantitative estimate of drug-likeness (QED) is 0.503. The molecule has 2 aromatic heterocycles. The fourth-order valence-corrected chi connectivity index (χ4v) is 2.77. The number of carbonyl (C=O) groups excluding carboxylic acids is 1. The van der Waals surface area contributed by atoms with Crippen molar-refractivity contribution in [1.82, 2.24) is 15.1 Å². The van der Waals surface area contributed by atoms with Crippen LogP contribution in [0.4, 0.5) is 10.1 Å². The SMILES string of the molecule is O=C(COc1ccc(F)cc1)Nc1ccccc1Cc1nc(-c2ccncc2)no1. The van der Waals surface area contributed by atoms with E-state index in [4.69, 9.17) is 9.26 Å². The summed E-state index contributed by atoms with van der Waals surface area (Å²) in [7, 11) is 0. The molecule has 0 aliphatic rings. The minimum Gasteiger partial charge on any atom is -0.484 e. The van der Waals surface area contributed by atoms with Crippen molar-refractivity contribution >= 4 is 11.6 Å². The van der Waals surface area contributed by atoms with E-state index < -0.39 is 0 Å². The molecule has 0 aliphatic heterocycles. The predicted molar refractivity (Wildman–Crippen MR) is 107 cm³/mol. The van der Waals surface area contributed by atoms with Crippen LogP contribution < -0.4 is 10.1 Å². The molecule has 4 rings (SSSR count). The van der Waals surface area contributed by atoms with Gasteiger partial charge in [0.05, 0.1) is 6.42 Å². The Labute approximate surface area is 171 Å². The second-order valence-corrected chi connectivity index (χ2v) is 6.37. The molecule has 7 nitrogen and oxygen atoms in total. The number of anilines is 1. The number of nitrogens with zero attached hydrogens (tertiary/aromatic N) is 3. The number of para-hydroxylation sites is 1. The van der Waals surface area contributed by atoms with E-state index in [1.165, 1.54) is 24.3 Å². The van der Waals surface area contributed by atoms with E-state index >= 15 is 0 Å². The lowest BCUT2D eigenvalue weighted by molar-refractivity contribution is -0.118. The second-order valence-electron chi connectivity index (χ2n) is 6.37. The maximum Gasteiger partial charge on any atom is 0.262 e. The Bertz CT molecular complexity index is 1130. The summed E-state index contributed by atoms with van der Waals surface area (Å²) < 4.78 is 23.7. The van der Waals surface area contributed by atoms with Gasteiger partial charge in [-0.3, -0.25) is 9.78 Å². The molecular weight excluding hydrogens is 387 g/mol. The summed E-state index contributed by atoms with van der Waals surface area (Å²) in [6.07, 6.45) is 3.67. The molecule has 30 heavy (non-hydrogen) atoms. The van der Waals surface area contributed by atoms with Crippen LogP contribution in [0.15, 0.2) is 77.6 Å². The van der Waals surface area contributed by atoms with Gasteiger partial charge >= 0.3 is 0 Å². The number of hydrogen-bond acceptors (Lipinski definition) is 6. The van der Waals surface area contributed by atoms with Gasteiger partial charge in [0.2, 0.25) is 11.7 Å². The molecule has 0 saturated heterocycles. The molecule has 1 amide bonds. The number of halogens is 1. The zero-order chi connectivity index (χ0) is 20.8. The molecule has 0 fully saturated rings. The van der Waals surface area contributed by atoms with Crippen LogP contribution in [0, 0.1) is 5.82 Å². The van der Waals surface area contributed by atoms with Gasteiger partial charge in [-0.25, -0.2) is 4.39 Å². The summed E-state index contributed by atoms with van der Waals surface area (Å²) in [5.74, 6) is 0.602. The molecule has 0 radical (unpaired) electrons. The number of pyridine rings is 1. The zero-order valence-corrected chi connectivity index (χ0v) is 15.8. The highest BCUT2D eigenvalue weighted by molar-refractivity contribution is 5.92. The third-order valence-electron chi connectivity index (χ3n) is 4.22. The topological polar surface area (TPSA) is 90.1 Å². The van der Waals surface area contributed by atoms with Gasteiger partial charge in [0.15, 0.2) is 6.61 Å². The average molecular weight is 404 g/mol. The first-order chi connectivity index (χ1) is 14.7. The van der Waals surface area contributed by atoms with E-state index in [0.717, 1.165) is 11.1 Å². The van der Waals surface area contributed by atoms with E-state index in [2.05, 4.69) is 20.4 Å². The average Bonchev–Trinajstić information content (AvgIpc) is 3.24. The Balaban J connectivity index is 1.40. The van der Waals surface area contributed by atoms with Crippen molar-refractivity contribution in [3.8, 4) is 17.1 Å². The van der Waals surface area contributed by atoms with Gasteiger partial charge in [-0.1, -0.05) is 23.4 Å². The molecule has 0 bridgehead atoms. The van der Waals surface area contributed by atoms with Gasteiger partial charge in [-0.2, -0.15) is 4.98 Å². The minimum atomic E-state index is -0.367. The third-order valence-corrected chi connectivity index (χ3v) is 4.22. The Morgan fingerprint density at radius 1 is 1.03 bits per heavy atom. The molecule has 2 aromatic carbocycles. The lowest BCUT2D eigenvalue weighted by Gasteiger charge is -2.10. The van der Waals surface area contributed by atoms with E-state index in [-0.39, 0.29) is 18.3 Å². The summed E-state index contributed by atoms with van der Waals surface area (Å²) >= 11 is 0. The summed E-state index contributed by atoms with van der Waals surface area (Å²) in [6.45, 7) is -0.202. The van der Waals surface area contributed by atoms with Gasteiger partial charge in [0.1, 0.15) is 11.6 Å². The van der Waals surface area contributed by atoms with Gasteiger partial charge < -0.3 is 14.6 Å². The van der Waals surface area contributed by atoms with E-state index in [0.29, 0.717) is 29.6 Å². The second kappa shape index (κ2) is 8.95. The highest BCUT2D eigenvalue weighted by Gasteiger charge is 2.13. The Morgan fingerprint density at radius 3 is 2.60 bits per heavy atom. The Kier molecular flexibility index (Phi) is 5.75. The fraction of sp³-hybridized carbons (Fsp3) is 0.0909. The van der Waals surface area contributed by atoms with Gasteiger partial charge in [0.25, 0.3) is 5.91 Å². The van der Waals surface area contributed by atoms with Crippen LogP contribution in [0.1, 0.15) is 11.5 Å². The van der Waals surface area contributed by atoms with Crippen LogP contribution in [0.5, 0.6) is 5.75 Å². The molecule has 0 aliphatic carbocycles. The van der Waals surface area contributed by atoms with Gasteiger partial charge in [-0.05, 0) is 48.0 Å². The van der Waals surface area contributed by atoms with Crippen molar-refractivity contribution in [2.24, 2.45) is 0 Å². The predicted octanol–water partition coefficient (Wildman–Crippen LogP) is 3.88. The maximum absolute atomic E-state index is 12.9. The number of amides is 1. The minimum absolute atomic E-state index is 0.202. The summed E-state index contributed by atoms with van der Waals surface area (Å²) in [5.41, 5.74) is 2.24. The van der Waals surface area contributed by atoms with Gasteiger partial charge in [-0.15, -0.1) is 0 Å². The van der Waals surface area contributed by atoms with Crippen molar-refractivity contribution in [2.45, 2.75) is 6.42 Å². The molecule has 2 heterocycles. The van der Waals surface area contributed by atoms with Crippen molar-refractivity contribution in [2.75, 3.05) is 11.9 Å². The number of carbonyl (C=O) groups is 1. The molecular formula is C22H17FN4O3. The molecule has 150 valence electrons. The lowest BCUT2D eigenvalue weighted by atomic mass is 10.1. The molecule has 8 heteroatoms. The smallest absolute Gasteiger partial charge is 0.262 e. The monoisotopic (exact) mass is 404 g/mol. The first-order valence-corrected chi connectivity index (χ1v) is 9.16. The van der Waals surface area contributed by atoms with Crippen molar-refractivity contribution < 1.29 is 18.4 Å². The maximum atomic E-state index is 12.9. The van der Waals surface area contributed by atoms with Crippen LogP contribution >= 0.6 is 0 Å². The normalized spacial score (nSPS) is 10.6. The van der Waals surface area contributed by atoms with Crippen LogP contribution in [-0.4, -0.2) is 27.6 Å². The number of rotatable bonds is 7. The molecule has 0 spiro atoms. The molecule has 0 atom stereocenters. The largest absolute Gasteiger partial charge is 0.484 e. The zero-order valence-electron chi connectivity index (χ0n) is 15.8. The van der Waals surface area contributed by atoms with E-state index in [9.17, 15) is 9.18 Å². The Hall–Kier alpha value is -4.07. The Morgan fingerprint density at radius 2 is 1.80 bits per heavy atom. The highest BCUT2D eigenvalue weighted by Crippen LogP contribution is 2.21. The first kappa shape index (κ1) is 19.3. The number of nitrogens with one attached hydrogen (secondary N) is 1. The standard InChI is InChI=1S/C22H17FN4O3/c23-17-5-7-18(8-6-17)29-14-20(28)25-19-4-2-1-3-16(19)13-21-26-22(27-30-21)15-9-11-24-12-10-15/h1-12H,13-14H2,(H,25,28). The van der Waals surface area contributed by atoms with Crippen LogP contribution in [-0.2, 0) is 11.2 Å². The first-order valence-electron chi connectivity index (χ1n) is 9.16. The molecule has 0 unspecified atom stereocenters. The molecule has 1 N–H and O–H groups in total. The van der Waals surface area contributed by atoms with E-state index in [1.54, 1.807) is 30.6 Å². The highest BCUT2D eigenvalue weighted by atomic mass is 19.1. The van der Waals surface area contributed by atoms with Crippen LogP contribution in [0.3, 0.4) is 0 Å². The van der Waals surface area contributed by atoms with Crippen molar-refractivity contribution in [3.63, 3.8) is 0 Å². The lowest BCUT2D eigenvalue weighted by Crippen LogP contribution is -2.21. The van der Waals surface area contributed by atoms with Crippen LogP contribution in [0.2, 0.25) is 0 Å². The van der Waals surface area contributed by atoms with Crippen molar-refractivity contribution in [1.29, 1.82) is 0 Å². The summed E-state index contributed by atoms with van der Waals surface area (Å²) in [5, 5.41) is 6.81. The number of ether oxygens (including phenoxy) is 1. The van der Waals surface area contributed by atoms with Crippen LogP contribution in [0.25, 0.3) is 11.4 Å². The third kappa shape index (κ3) is 4.85.